The molecule has 1 saturated heterocycles. The predicted molar refractivity (Wildman–Crippen MR) is 107 cm³/mol. The third kappa shape index (κ3) is 5.08. The summed E-state index contributed by atoms with van der Waals surface area (Å²) in [5.41, 5.74) is 2.31. The van der Waals surface area contributed by atoms with E-state index in [1.807, 2.05) is 36.4 Å². The van der Waals surface area contributed by atoms with E-state index in [0.29, 0.717) is 0 Å². The van der Waals surface area contributed by atoms with E-state index in [1.54, 1.807) is 12.0 Å². The topological polar surface area (TPSA) is 28.9 Å². The molecule has 2 aromatic carbocycles. The number of ether oxygens (including phenoxy) is 1. The molecule has 0 aliphatic carbocycles. The number of methoxy groups -OCH3 is 1. The Morgan fingerprint density at radius 3 is 2.36 bits per heavy atom. The van der Waals surface area contributed by atoms with Gasteiger partial charge in [0.15, 0.2) is 5.11 Å². The Hall–Kier alpha value is -1.82. The average Bonchev–Trinajstić information content (AvgIpc) is 2.65. The largest absolute Gasteiger partial charge is 0.497 e. The van der Waals surface area contributed by atoms with Crippen molar-refractivity contribution >= 4 is 34.6 Å². The minimum atomic E-state index is 0.788. The summed E-state index contributed by atoms with van der Waals surface area (Å²) in [5, 5.41) is 4.89. The van der Waals surface area contributed by atoms with Crippen molar-refractivity contribution in [2.45, 2.75) is 6.54 Å². The van der Waals surface area contributed by atoms with E-state index in [2.05, 4.69) is 22.3 Å². The van der Waals surface area contributed by atoms with Crippen molar-refractivity contribution < 1.29 is 9.64 Å². The highest BCUT2D eigenvalue weighted by Crippen LogP contribution is 2.15. The summed E-state index contributed by atoms with van der Waals surface area (Å²) < 4.78 is 5.18. The number of nitrogens with zero attached hydrogens (tertiary/aromatic N) is 1. The molecule has 0 unspecified atom stereocenters. The Kier molecular flexibility index (Phi) is 6.13. The van der Waals surface area contributed by atoms with Crippen LogP contribution in [0.5, 0.6) is 5.75 Å². The van der Waals surface area contributed by atoms with E-state index in [1.165, 1.54) is 5.56 Å². The van der Waals surface area contributed by atoms with Gasteiger partial charge in [-0.3, -0.25) is 0 Å². The molecule has 0 amide bonds. The Morgan fingerprint density at radius 2 is 1.76 bits per heavy atom. The van der Waals surface area contributed by atoms with Gasteiger partial charge in [0, 0.05) is 16.3 Å². The van der Waals surface area contributed by atoms with Gasteiger partial charge in [0.1, 0.15) is 12.3 Å². The number of hydrogen-bond acceptors (Lipinski definition) is 2. The molecule has 6 heteroatoms. The SMILES string of the molecule is COc1ccc(NC(=S)N2CC[NH+](Cc3ccc(Cl)cc3)CC2)cc1. The molecule has 0 bridgehead atoms. The fourth-order valence-electron chi connectivity index (χ4n) is 2.97. The number of quaternary nitrogens is 1. The molecule has 1 heterocycles. The van der Waals surface area contributed by atoms with Gasteiger partial charge in [0.25, 0.3) is 0 Å². The van der Waals surface area contributed by atoms with Crippen LogP contribution in [0.15, 0.2) is 48.5 Å². The van der Waals surface area contributed by atoms with Gasteiger partial charge in [-0.2, -0.15) is 0 Å². The summed E-state index contributed by atoms with van der Waals surface area (Å²) >= 11 is 11.5. The predicted octanol–water partition coefficient (Wildman–Crippen LogP) is 2.45. The fraction of sp³-hybridized carbons (Fsp3) is 0.316. The van der Waals surface area contributed by atoms with Crippen LogP contribution in [0.25, 0.3) is 0 Å². The molecule has 1 aliphatic rings. The van der Waals surface area contributed by atoms with Gasteiger partial charge < -0.3 is 19.9 Å². The van der Waals surface area contributed by atoms with Crippen molar-refractivity contribution in [1.82, 2.24) is 4.90 Å². The molecule has 0 radical (unpaired) electrons. The van der Waals surface area contributed by atoms with Crippen LogP contribution >= 0.6 is 23.8 Å². The summed E-state index contributed by atoms with van der Waals surface area (Å²) in [6.07, 6.45) is 0. The Balaban J connectivity index is 1.47. The highest BCUT2D eigenvalue weighted by molar-refractivity contribution is 7.80. The van der Waals surface area contributed by atoms with Gasteiger partial charge in [-0.1, -0.05) is 23.7 Å². The fourth-order valence-corrected chi connectivity index (χ4v) is 3.40. The molecule has 4 nitrogen and oxygen atoms in total. The second-order valence-electron chi connectivity index (χ2n) is 6.20. The van der Waals surface area contributed by atoms with E-state index in [0.717, 1.165) is 54.3 Å². The zero-order valence-electron chi connectivity index (χ0n) is 14.3. The maximum absolute atomic E-state index is 5.95. The third-order valence-corrected chi connectivity index (χ3v) is 5.08. The van der Waals surface area contributed by atoms with Gasteiger partial charge in [-0.25, -0.2) is 0 Å². The lowest BCUT2D eigenvalue weighted by Gasteiger charge is -2.34. The van der Waals surface area contributed by atoms with Crippen LogP contribution in [0.4, 0.5) is 5.69 Å². The lowest BCUT2D eigenvalue weighted by molar-refractivity contribution is -0.917. The number of rotatable bonds is 4. The normalized spacial score (nSPS) is 15.0. The molecule has 0 spiro atoms. The van der Waals surface area contributed by atoms with Crippen molar-refractivity contribution in [1.29, 1.82) is 0 Å². The van der Waals surface area contributed by atoms with Crippen LogP contribution in [0, 0.1) is 0 Å². The molecular formula is C19H23ClN3OS+. The van der Waals surface area contributed by atoms with Crippen LogP contribution in [0.2, 0.25) is 5.02 Å². The maximum atomic E-state index is 5.95. The molecule has 0 aromatic heterocycles. The van der Waals surface area contributed by atoms with Crippen molar-refractivity contribution in [3.05, 3.63) is 59.1 Å². The standard InChI is InChI=1S/C19H22ClN3OS/c1-24-18-8-6-17(7-9-18)21-19(25)23-12-10-22(11-13-23)14-15-2-4-16(20)5-3-15/h2-9H,10-14H2,1H3,(H,21,25)/p+1. The first-order valence-electron chi connectivity index (χ1n) is 8.42. The van der Waals surface area contributed by atoms with Crippen LogP contribution in [0.3, 0.4) is 0 Å². The number of halogens is 1. The molecule has 132 valence electrons. The first kappa shape index (κ1) is 18.0. The van der Waals surface area contributed by atoms with Crippen molar-refractivity contribution in [3.63, 3.8) is 0 Å². The molecule has 1 fully saturated rings. The zero-order valence-corrected chi connectivity index (χ0v) is 15.9. The van der Waals surface area contributed by atoms with Gasteiger partial charge in [0.05, 0.1) is 33.3 Å². The van der Waals surface area contributed by atoms with E-state index in [4.69, 9.17) is 28.6 Å². The van der Waals surface area contributed by atoms with E-state index < -0.39 is 0 Å². The third-order valence-electron chi connectivity index (χ3n) is 4.47. The Bertz CT molecular complexity index is 698. The first-order valence-corrected chi connectivity index (χ1v) is 9.20. The van der Waals surface area contributed by atoms with Gasteiger partial charge in [-0.15, -0.1) is 0 Å². The van der Waals surface area contributed by atoms with Crippen LogP contribution < -0.4 is 15.0 Å². The molecule has 2 aromatic rings. The molecule has 0 atom stereocenters. The number of anilines is 1. The summed E-state index contributed by atoms with van der Waals surface area (Å²) in [5.74, 6) is 0.843. The summed E-state index contributed by atoms with van der Waals surface area (Å²) in [7, 11) is 1.67. The van der Waals surface area contributed by atoms with Crippen molar-refractivity contribution in [2.75, 3.05) is 38.6 Å². The highest BCUT2D eigenvalue weighted by Gasteiger charge is 2.21. The van der Waals surface area contributed by atoms with Gasteiger partial charge >= 0.3 is 0 Å². The van der Waals surface area contributed by atoms with Crippen LogP contribution in [0.1, 0.15) is 5.56 Å². The molecule has 0 saturated carbocycles. The summed E-state index contributed by atoms with van der Waals surface area (Å²) in [6.45, 7) is 5.11. The minimum absolute atomic E-state index is 0.788. The molecular weight excluding hydrogens is 354 g/mol. The van der Waals surface area contributed by atoms with E-state index >= 15 is 0 Å². The summed E-state index contributed by atoms with van der Waals surface area (Å²) in [6, 6.07) is 16.0. The molecule has 25 heavy (non-hydrogen) atoms. The van der Waals surface area contributed by atoms with Gasteiger partial charge in [0.2, 0.25) is 0 Å². The van der Waals surface area contributed by atoms with E-state index in [-0.39, 0.29) is 0 Å². The second kappa shape index (κ2) is 8.52. The Morgan fingerprint density at radius 1 is 1.12 bits per heavy atom. The van der Waals surface area contributed by atoms with Gasteiger partial charge in [-0.05, 0) is 48.6 Å². The van der Waals surface area contributed by atoms with Crippen LogP contribution in [-0.4, -0.2) is 43.3 Å². The molecule has 2 N–H and O–H groups in total. The first-order chi connectivity index (χ1) is 12.1. The van der Waals surface area contributed by atoms with Crippen LogP contribution in [-0.2, 0) is 6.54 Å². The zero-order chi connectivity index (χ0) is 17.6. The number of benzene rings is 2. The monoisotopic (exact) mass is 376 g/mol. The second-order valence-corrected chi connectivity index (χ2v) is 7.02. The maximum Gasteiger partial charge on any atom is 0.173 e. The molecule has 3 rings (SSSR count). The van der Waals surface area contributed by atoms with Crippen molar-refractivity contribution in [2.24, 2.45) is 0 Å². The lowest BCUT2D eigenvalue weighted by atomic mass is 10.2. The summed E-state index contributed by atoms with van der Waals surface area (Å²) in [4.78, 5) is 3.82. The average molecular weight is 377 g/mol. The Labute approximate surface area is 159 Å². The number of thiocarbonyl (C=S) groups is 1. The number of nitrogens with one attached hydrogen (secondary N) is 2. The number of piperazine rings is 1. The number of hydrogen-bond donors (Lipinski definition) is 2. The molecule has 1 aliphatic heterocycles. The highest BCUT2D eigenvalue weighted by atomic mass is 35.5. The van der Waals surface area contributed by atoms with Crippen molar-refractivity contribution in [3.8, 4) is 5.75 Å². The van der Waals surface area contributed by atoms with E-state index in [9.17, 15) is 0 Å². The smallest absolute Gasteiger partial charge is 0.173 e. The quantitative estimate of drug-likeness (QED) is 0.802. The minimum Gasteiger partial charge on any atom is -0.497 e. The lowest BCUT2D eigenvalue weighted by Crippen LogP contribution is -3.13.